The van der Waals surface area contributed by atoms with Crippen LogP contribution in [-0.2, 0) is 6.42 Å². The zero-order valence-corrected chi connectivity index (χ0v) is 9.74. The van der Waals surface area contributed by atoms with E-state index in [0.717, 1.165) is 6.42 Å². The van der Waals surface area contributed by atoms with E-state index >= 15 is 0 Å². The van der Waals surface area contributed by atoms with Gasteiger partial charge in [-0.2, -0.15) is 0 Å². The number of nitrogens with one attached hydrogen (secondary N) is 1. The second-order valence-electron chi connectivity index (χ2n) is 3.94. The average Bonchev–Trinajstić information content (AvgIpc) is 2.33. The number of aryl methyl sites for hydroxylation is 1. The Morgan fingerprint density at radius 1 is 1.31 bits per heavy atom. The first-order valence-corrected chi connectivity index (χ1v) is 5.71. The molecule has 74 valence electrons. The molecule has 0 saturated heterocycles. The summed E-state index contributed by atoms with van der Waals surface area (Å²) in [6.07, 6.45) is 1.15. The first kappa shape index (κ1) is 10.7. The van der Waals surface area contributed by atoms with E-state index in [1.54, 1.807) is 0 Å². The summed E-state index contributed by atoms with van der Waals surface area (Å²) in [7, 11) is 0. The maximum atomic E-state index is 3.51. The van der Waals surface area contributed by atoms with Gasteiger partial charge in [-0.15, -0.1) is 11.3 Å². The predicted molar refractivity (Wildman–Crippen MR) is 60.5 cm³/mol. The van der Waals surface area contributed by atoms with Crippen LogP contribution in [0.25, 0.3) is 0 Å². The van der Waals surface area contributed by atoms with Gasteiger partial charge in [0.05, 0.1) is 0 Å². The normalized spacial score (nSPS) is 13.6. The van der Waals surface area contributed by atoms with Crippen LogP contribution in [0.2, 0.25) is 0 Å². The van der Waals surface area contributed by atoms with Gasteiger partial charge >= 0.3 is 0 Å². The molecule has 0 bridgehead atoms. The lowest BCUT2D eigenvalue weighted by atomic mass is 10.2. The van der Waals surface area contributed by atoms with Crippen molar-refractivity contribution in [3.05, 3.63) is 21.9 Å². The summed E-state index contributed by atoms with van der Waals surface area (Å²) in [6, 6.07) is 5.59. The van der Waals surface area contributed by atoms with E-state index in [9.17, 15) is 0 Å². The minimum absolute atomic E-state index is 0.580. The Bertz CT molecular complexity index is 252. The van der Waals surface area contributed by atoms with Crippen molar-refractivity contribution >= 4 is 11.3 Å². The van der Waals surface area contributed by atoms with Crippen molar-refractivity contribution in [3.8, 4) is 0 Å². The van der Waals surface area contributed by atoms with Gasteiger partial charge < -0.3 is 5.32 Å². The first-order valence-electron chi connectivity index (χ1n) is 4.89. The maximum Gasteiger partial charge on any atom is 0.00893 e. The molecule has 1 aromatic heterocycles. The molecule has 0 aliphatic rings. The summed E-state index contributed by atoms with van der Waals surface area (Å²) < 4.78 is 0. The van der Waals surface area contributed by atoms with Gasteiger partial charge in [-0.1, -0.05) is 13.8 Å². The Kier molecular flexibility index (Phi) is 3.94. The molecule has 0 fully saturated rings. The lowest BCUT2D eigenvalue weighted by Gasteiger charge is -2.15. The van der Waals surface area contributed by atoms with E-state index in [0.29, 0.717) is 12.1 Å². The van der Waals surface area contributed by atoms with E-state index in [1.807, 2.05) is 11.3 Å². The molecular weight excluding hydrogens is 178 g/mol. The SMILES string of the molecule is Cc1ccc(CC(C)NC(C)C)s1. The van der Waals surface area contributed by atoms with Crippen molar-refractivity contribution in [2.45, 2.75) is 46.2 Å². The third kappa shape index (κ3) is 3.92. The standard InChI is InChI=1S/C11H19NS/c1-8(2)12-9(3)7-11-6-5-10(4)13-11/h5-6,8-9,12H,7H2,1-4H3. The molecule has 0 aliphatic heterocycles. The topological polar surface area (TPSA) is 12.0 Å². The van der Waals surface area contributed by atoms with Crippen molar-refractivity contribution in [1.82, 2.24) is 5.32 Å². The van der Waals surface area contributed by atoms with Crippen LogP contribution in [0.5, 0.6) is 0 Å². The highest BCUT2D eigenvalue weighted by Gasteiger charge is 2.05. The third-order valence-corrected chi connectivity index (χ3v) is 2.94. The minimum atomic E-state index is 0.580. The molecule has 0 spiro atoms. The van der Waals surface area contributed by atoms with Gasteiger partial charge in [0.25, 0.3) is 0 Å². The Balaban J connectivity index is 2.40. The van der Waals surface area contributed by atoms with Crippen molar-refractivity contribution in [1.29, 1.82) is 0 Å². The molecule has 1 aromatic rings. The molecule has 1 unspecified atom stereocenters. The van der Waals surface area contributed by atoms with Gasteiger partial charge in [-0.05, 0) is 32.4 Å². The molecule has 0 amide bonds. The zero-order chi connectivity index (χ0) is 9.84. The van der Waals surface area contributed by atoms with Crippen LogP contribution in [0.3, 0.4) is 0 Å². The Morgan fingerprint density at radius 3 is 2.46 bits per heavy atom. The predicted octanol–water partition coefficient (Wildman–Crippen LogP) is 2.99. The molecule has 1 N–H and O–H groups in total. The molecule has 1 rings (SSSR count). The van der Waals surface area contributed by atoms with Crippen molar-refractivity contribution in [3.63, 3.8) is 0 Å². The summed E-state index contributed by atoms with van der Waals surface area (Å²) in [4.78, 5) is 2.89. The van der Waals surface area contributed by atoms with Gasteiger partial charge in [0.1, 0.15) is 0 Å². The lowest BCUT2D eigenvalue weighted by molar-refractivity contribution is 0.490. The molecule has 2 heteroatoms. The largest absolute Gasteiger partial charge is 0.312 e. The lowest BCUT2D eigenvalue weighted by Crippen LogP contribution is -2.33. The molecule has 1 nitrogen and oxygen atoms in total. The minimum Gasteiger partial charge on any atom is -0.312 e. The monoisotopic (exact) mass is 197 g/mol. The molecule has 1 heterocycles. The molecular formula is C11H19NS. The van der Waals surface area contributed by atoms with E-state index in [1.165, 1.54) is 9.75 Å². The number of rotatable bonds is 4. The van der Waals surface area contributed by atoms with Gasteiger partial charge in [-0.3, -0.25) is 0 Å². The van der Waals surface area contributed by atoms with E-state index in [2.05, 4.69) is 45.1 Å². The van der Waals surface area contributed by atoms with Crippen LogP contribution in [0.1, 0.15) is 30.5 Å². The van der Waals surface area contributed by atoms with Gasteiger partial charge in [0.15, 0.2) is 0 Å². The van der Waals surface area contributed by atoms with E-state index < -0.39 is 0 Å². The smallest absolute Gasteiger partial charge is 0.00893 e. The number of thiophene rings is 1. The Morgan fingerprint density at radius 2 is 2.00 bits per heavy atom. The molecule has 0 aromatic carbocycles. The van der Waals surface area contributed by atoms with Crippen LogP contribution in [-0.4, -0.2) is 12.1 Å². The van der Waals surface area contributed by atoms with Gasteiger partial charge in [0.2, 0.25) is 0 Å². The Labute approximate surface area is 85.2 Å². The summed E-state index contributed by atoms with van der Waals surface area (Å²) >= 11 is 1.90. The highest BCUT2D eigenvalue weighted by molar-refractivity contribution is 7.11. The quantitative estimate of drug-likeness (QED) is 0.782. The average molecular weight is 197 g/mol. The van der Waals surface area contributed by atoms with Crippen LogP contribution < -0.4 is 5.32 Å². The summed E-state index contributed by atoms with van der Waals surface area (Å²) in [5, 5.41) is 3.51. The molecule has 1 atom stereocenters. The van der Waals surface area contributed by atoms with Crippen molar-refractivity contribution in [2.24, 2.45) is 0 Å². The van der Waals surface area contributed by atoms with Gasteiger partial charge in [-0.25, -0.2) is 0 Å². The van der Waals surface area contributed by atoms with Gasteiger partial charge in [0, 0.05) is 21.8 Å². The van der Waals surface area contributed by atoms with E-state index in [-0.39, 0.29) is 0 Å². The molecule has 0 saturated carbocycles. The van der Waals surface area contributed by atoms with Crippen molar-refractivity contribution < 1.29 is 0 Å². The first-order chi connectivity index (χ1) is 6.08. The summed E-state index contributed by atoms with van der Waals surface area (Å²) in [5.41, 5.74) is 0. The van der Waals surface area contributed by atoms with Crippen molar-refractivity contribution in [2.75, 3.05) is 0 Å². The Hall–Kier alpha value is -0.340. The van der Waals surface area contributed by atoms with Crippen LogP contribution in [0.15, 0.2) is 12.1 Å². The number of hydrogen-bond donors (Lipinski definition) is 1. The highest BCUT2D eigenvalue weighted by Crippen LogP contribution is 2.16. The van der Waals surface area contributed by atoms with Crippen LogP contribution >= 0.6 is 11.3 Å². The second-order valence-corrected chi connectivity index (χ2v) is 5.31. The maximum absolute atomic E-state index is 3.51. The highest BCUT2D eigenvalue weighted by atomic mass is 32.1. The fourth-order valence-electron chi connectivity index (χ4n) is 1.52. The third-order valence-electron chi connectivity index (χ3n) is 1.92. The van der Waals surface area contributed by atoms with Crippen LogP contribution in [0, 0.1) is 6.92 Å². The van der Waals surface area contributed by atoms with Crippen LogP contribution in [0.4, 0.5) is 0 Å². The fourth-order valence-corrected chi connectivity index (χ4v) is 2.54. The molecule has 0 radical (unpaired) electrons. The summed E-state index contributed by atoms with van der Waals surface area (Å²) in [5.74, 6) is 0. The van der Waals surface area contributed by atoms with E-state index in [4.69, 9.17) is 0 Å². The second kappa shape index (κ2) is 4.77. The number of hydrogen-bond acceptors (Lipinski definition) is 2. The summed E-state index contributed by atoms with van der Waals surface area (Å²) in [6.45, 7) is 8.79. The fraction of sp³-hybridized carbons (Fsp3) is 0.636. The molecule has 0 aliphatic carbocycles. The zero-order valence-electron chi connectivity index (χ0n) is 8.92. The molecule has 13 heavy (non-hydrogen) atoms.